The first-order chi connectivity index (χ1) is 12.5. The number of amides is 1. The molecule has 0 unspecified atom stereocenters. The molecule has 2 aromatic rings. The maximum atomic E-state index is 13.0. The van der Waals surface area contributed by atoms with Gasteiger partial charge in [-0.15, -0.1) is 0 Å². The minimum atomic E-state index is -0.255. The van der Waals surface area contributed by atoms with Crippen LogP contribution in [0.25, 0.3) is 0 Å². The van der Waals surface area contributed by atoms with Gasteiger partial charge in [0.05, 0.1) is 12.0 Å². The lowest BCUT2D eigenvalue weighted by Gasteiger charge is -2.34. The highest BCUT2D eigenvalue weighted by atomic mass is 16.2. The van der Waals surface area contributed by atoms with E-state index in [-0.39, 0.29) is 22.9 Å². The Balaban J connectivity index is 1.42. The lowest BCUT2D eigenvalue weighted by atomic mass is 9.94. The normalized spacial score (nSPS) is 19.7. The number of piperidine rings is 1. The van der Waals surface area contributed by atoms with Crippen LogP contribution in [0.4, 0.5) is 0 Å². The zero-order valence-electron chi connectivity index (χ0n) is 15.5. The summed E-state index contributed by atoms with van der Waals surface area (Å²) in [5.41, 5.74) is -0.313. The molecule has 0 bridgehead atoms. The van der Waals surface area contributed by atoms with Gasteiger partial charge >= 0.3 is 5.69 Å². The summed E-state index contributed by atoms with van der Waals surface area (Å²) < 4.78 is 5.04. The van der Waals surface area contributed by atoms with Crippen LogP contribution in [0.3, 0.4) is 0 Å². The van der Waals surface area contributed by atoms with Crippen molar-refractivity contribution in [1.82, 2.24) is 29.0 Å². The minimum absolute atomic E-state index is 0.0582. The first kappa shape index (κ1) is 17.1. The SMILES string of the molecule is CCn1c(C2CCN(C(=O)C3(Cn4cccn4)CC3)CC2)nn(C)c1=O. The molecule has 1 saturated heterocycles. The number of carbonyl (C=O) groups is 1. The van der Waals surface area contributed by atoms with E-state index in [4.69, 9.17) is 0 Å². The third kappa shape index (κ3) is 2.87. The van der Waals surface area contributed by atoms with Crippen molar-refractivity contribution in [2.75, 3.05) is 13.1 Å². The van der Waals surface area contributed by atoms with E-state index >= 15 is 0 Å². The van der Waals surface area contributed by atoms with Crippen LogP contribution in [0.1, 0.15) is 44.3 Å². The molecule has 8 nitrogen and oxygen atoms in total. The fourth-order valence-corrected chi connectivity index (χ4v) is 4.09. The molecule has 2 aromatic heterocycles. The smallest absolute Gasteiger partial charge is 0.342 e. The molecule has 4 rings (SSSR count). The summed E-state index contributed by atoms with van der Waals surface area (Å²) >= 11 is 0. The maximum Gasteiger partial charge on any atom is 0.345 e. The number of carbonyl (C=O) groups excluding carboxylic acids is 1. The summed E-state index contributed by atoms with van der Waals surface area (Å²) in [6, 6.07) is 1.90. The highest BCUT2D eigenvalue weighted by Crippen LogP contribution is 2.49. The predicted octanol–water partition coefficient (Wildman–Crippen LogP) is 0.985. The maximum absolute atomic E-state index is 13.0. The van der Waals surface area contributed by atoms with Gasteiger partial charge in [0.1, 0.15) is 5.82 Å². The van der Waals surface area contributed by atoms with Gasteiger partial charge < -0.3 is 4.90 Å². The molecular formula is C18H26N6O2. The van der Waals surface area contributed by atoms with Crippen molar-refractivity contribution in [3.63, 3.8) is 0 Å². The van der Waals surface area contributed by atoms with Crippen molar-refractivity contribution >= 4 is 5.91 Å². The molecule has 2 fully saturated rings. The second-order valence-corrected chi connectivity index (χ2v) is 7.56. The molecule has 0 atom stereocenters. The fourth-order valence-electron chi connectivity index (χ4n) is 4.09. The summed E-state index contributed by atoms with van der Waals surface area (Å²) in [6.07, 6.45) is 7.29. The van der Waals surface area contributed by atoms with Crippen LogP contribution < -0.4 is 5.69 Å². The van der Waals surface area contributed by atoms with E-state index in [1.807, 2.05) is 28.8 Å². The van der Waals surface area contributed by atoms with Crippen molar-refractivity contribution in [2.45, 2.75) is 51.6 Å². The molecule has 140 valence electrons. The molecule has 1 aliphatic carbocycles. The number of aromatic nitrogens is 5. The van der Waals surface area contributed by atoms with Crippen molar-refractivity contribution in [1.29, 1.82) is 0 Å². The highest BCUT2D eigenvalue weighted by Gasteiger charge is 2.52. The Morgan fingerprint density at radius 3 is 2.62 bits per heavy atom. The highest BCUT2D eigenvalue weighted by molar-refractivity contribution is 5.85. The second kappa shape index (κ2) is 6.41. The Bertz CT molecular complexity index is 838. The van der Waals surface area contributed by atoms with Crippen LogP contribution in [0, 0.1) is 5.41 Å². The second-order valence-electron chi connectivity index (χ2n) is 7.56. The lowest BCUT2D eigenvalue weighted by molar-refractivity contribution is -0.138. The zero-order chi connectivity index (χ0) is 18.3. The van der Waals surface area contributed by atoms with Crippen LogP contribution in [-0.2, 0) is 24.9 Å². The van der Waals surface area contributed by atoms with Gasteiger partial charge in [0.25, 0.3) is 0 Å². The molecular weight excluding hydrogens is 332 g/mol. The lowest BCUT2D eigenvalue weighted by Crippen LogP contribution is -2.43. The molecule has 0 N–H and O–H groups in total. The number of hydrogen-bond donors (Lipinski definition) is 0. The van der Waals surface area contributed by atoms with Gasteiger partial charge in [0.2, 0.25) is 5.91 Å². The number of likely N-dealkylation sites (tertiary alicyclic amines) is 1. The van der Waals surface area contributed by atoms with Crippen LogP contribution in [0.5, 0.6) is 0 Å². The van der Waals surface area contributed by atoms with Crippen LogP contribution >= 0.6 is 0 Å². The Hall–Kier alpha value is -2.38. The van der Waals surface area contributed by atoms with Crippen molar-refractivity contribution < 1.29 is 4.79 Å². The Morgan fingerprint density at radius 2 is 2.04 bits per heavy atom. The monoisotopic (exact) mass is 358 g/mol. The fraction of sp³-hybridized carbons (Fsp3) is 0.667. The van der Waals surface area contributed by atoms with Gasteiger partial charge in [0, 0.05) is 45.0 Å². The molecule has 3 heterocycles. The Labute approximate surface area is 152 Å². The summed E-state index contributed by atoms with van der Waals surface area (Å²) in [4.78, 5) is 27.2. The third-order valence-corrected chi connectivity index (χ3v) is 5.83. The first-order valence-corrected chi connectivity index (χ1v) is 9.44. The number of rotatable bonds is 5. The molecule has 2 aliphatic rings. The molecule has 0 radical (unpaired) electrons. The van der Waals surface area contributed by atoms with Crippen LogP contribution in [-0.4, -0.2) is 48.0 Å². The van der Waals surface area contributed by atoms with E-state index in [1.54, 1.807) is 17.8 Å². The Morgan fingerprint density at radius 1 is 1.31 bits per heavy atom. The number of hydrogen-bond acceptors (Lipinski definition) is 4. The summed E-state index contributed by atoms with van der Waals surface area (Å²) in [7, 11) is 1.70. The quantitative estimate of drug-likeness (QED) is 0.798. The first-order valence-electron chi connectivity index (χ1n) is 9.44. The van der Waals surface area contributed by atoms with Crippen LogP contribution in [0.15, 0.2) is 23.3 Å². The molecule has 0 spiro atoms. The van der Waals surface area contributed by atoms with Gasteiger partial charge in [-0.1, -0.05) is 0 Å². The van der Waals surface area contributed by atoms with E-state index < -0.39 is 0 Å². The van der Waals surface area contributed by atoms with Gasteiger partial charge in [-0.3, -0.25) is 14.0 Å². The van der Waals surface area contributed by atoms with E-state index in [2.05, 4.69) is 10.2 Å². The largest absolute Gasteiger partial charge is 0.345 e. The average molecular weight is 358 g/mol. The molecule has 0 aromatic carbocycles. The summed E-state index contributed by atoms with van der Waals surface area (Å²) in [6.45, 7) is 4.75. The van der Waals surface area contributed by atoms with Gasteiger partial charge in [-0.2, -0.15) is 10.2 Å². The van der Waals surface area contributed by atoms with Crippen LogP contribution in [0.2, 0.25) is 0 Å². The summed E-state index contributed by atoms with van der Waals surface area (Å²) in [5.74, 6) is 1.37. The van der Waals surface area contributed by atoms with Gasteiger partial charge in [-0.05, 0) is 38.7 Å². The van der Waals surface area contributed by atoms with Crippen molar-refractivity contribution in [3.8, 4) is 0 Å². The van der Waals surface area contributed by atoms with E-state index in [1.165, 1.54) is 4.68 Å². The number of nitrogens with zero attached hydrogens (tertiary/aromatic N) is 6. The molecule has 8 heteroatoms. The molecule has 26 heavy (non-hydrogen) atoms. The van der Waals surface area contributed by atoms with E-state index in [9.17, 15) is 9.59 Å². The number of aryl methyl sites for hydroxylation is 1. The average Bonchev–Trinajstić information content (AvgIpc) is 3.13. The van der Waals surface area contributed by atoms with E-state index in [0.717, 1.165) is 44.6 Å². The van der Waals surface area contributed by atoms with Crippen molar-refractivity contribution in [3.05, 3.63) is 34.8 Å². The molecule has 1 aliphatic heterocycles. The standard InChI is InChI=1S/C18H26N6O2/c1-3-24-15(20-21(2)17(24)26)14-5-11-22(12-6-14)16(25)18(7-8-18)13-23-10-4-9-19-23/h4,9-10,14H,3,5-8,11-13H2,1-2H3. The van der Waals surface area contributed by atoms with Crippen molar-refractivity contribution in [2.24, 2.45) is 12.5 Å². The predicted molar refractivity (Wildman–Crippen MR) is 95.6 cm³/mol. The van der Waals surface area contributed by atoms with Gasteiger partial charge in [-0.25, -0.2) is 9.48 Å². The molecule has 1 saturated carbocycles. The Kier molecular flexibility index (Phi) is 4.20. The topological polar surface area (TPSA) is 78.0 Å². The minimum Gasteiger partial charge on any atom is -0.342 e. The zero-order valence-corrected chi connectivity index (χ0v) is 15.5. The third-order valence-electron chi connectivity index (χ3n) is 5.83. The van der Waals surface area contributed by atoms with E-state index in [0.29, 0.717) is 13.1 Å². The summed E-state index contributed by atoms with van der Waals surface area (Å²) in [5, 5.41) is 8.69. The van der Waals surface area contributed by atoms with Gasteiger partial charge in [0.15, 0.2) is 0 Å². The molecule has 1 amide bonds.